The van der Waals surface area contributed by atoms with Gasteiger partial charge in [0, 0.05) is 38.3 Å². The Morgan fingerprint density at radius 2 is 1.33 bits per heavy atom. The number of nitriles is 2. The number of carbonyl (C=O) groups excluding carboxylic acids is 3. The van der Waals surface area contributed by atoms with Crippen molar-refractivity contribution in [1.29, 1.82) is 10.5 Å². The molecule has 15 nitrogen and oxygen atoms in total. The second-order valence-corrected chi connectivity index (χ2v) is 13.8. The van der Waals surface area contributed by atoms with E-state index in [1.54, 1.807) is 32.6 Å². The SMILES string of the molecule is [C-]#[N+]/C(C#N)=C(/NCC(=O)OCC)N1CCC[C@@H](NC(=O)OC(C)(C)C)C1.[C-]#[N+]/C(C#N)=C(/SC)N1CCC[C@@H](NC(=O)OC(C)(C)C)C1. The molecule has 49 heavy (non-hydrogen) atoms. The Morgan fingerprint density at radius 1 is 0.857 bits per heavy atom. The summed E-state index contributed by atoms with van der Waals surface area (Å²) in [5, 5.41) is 27.5. The van der Waals surface area contributed by atoms with Crippen molar-refractivity contribution in [2.45, 2.75) is 97.4 Å². The van der Waals surface area contributed by atoms with Crippen molar-refractivity contribution < 1.29 is 28.6 Å². The Balaban J connectivity index is 0.000000500. The fraction of sp³-hybridized carbons (Fsp3) is 0.667. The molecule has 2 rings (SSSR count). The molecule has 0 aromatic rings. The third-order valence-electron chi connectivity index (χ3n) is 6.65. The van der Waals surface area contributed by atoms with Gasteiger partial charge in [-0.05, 0) is 80.4 Å². The highest BCUT2D eigenvalue weighted by molar-refractivity contribution is 8.02. The van der Waals surface area contributed by atoms with E-state index in [1.165, 1.54) is 11.8 Å². The van der Waals surface area contributed by atoms with E-state index < -0.39 is 29.4 Å². The van der Waals surface area contributed by atoms with Crippen LogP contribution in [-0.4, -0.2) is 96.8 Å². The van der Waals surface area contributed by atoms with Gasteiger partial charge in [0.2, 0.25) is 0 Å². The summed E-state index contributed by atoms with van der Waals surface area (Å²) in [5.74, 6) is -0.200. The van der Waals surface area contributed by atoms with Crippen molar-refractivity contribution in [2.24, 2.45) is 0 Å². The van der Waals surface area contributed by atoms with Gasteiger partial charge in [-0.15, -0.1) is 11.8 Å². The maximum absolute atomic E-state index is 12.0. The number of likely N-dealkylation sites (tertiary alicyclic amines) is 2. The fourth-order valence-corrected chi connectivity index (χ4v) is 5.57. The second-order valence-electron chi connectivity index (χ2n) is 13.0. The predicted octanol–water partition coefficient (Wildman–Crippen LogP) is 4.69. The van der Waals surface area contributed by atoms with E-state index in [1.807, 2.05) is 44.1 Å². The normalized spacial score (nSPS) is 18.5. The summed E-state index contributed by atoms with van der Waals surface area (Å²) in [6, 6.07) is 3.55. The molecular formula is C33H49N9O6S. The molecule has 2 atom stereocenters. The highest BCUT2D eigenvalue weighted by Crippen LogP contribution is 2.26. The highest BCUT2D eigenvalue weighted by Gasteiger charge is 2.28. The Hall–Kier alpha value is -4.80. The van der Waals surface area contributed by atoms with Crippen LogP contribution in [0.1, 0.15) is 74.1 Å². The summed E-state index contributed by atoms with van der Waals surface area (Å²) in [6.07, 6.45) is 4.16. The number of hydrogen-bond acceptors (Lipinski definition) is 12. The molecule has 2 aliphatic rings. The molecule has 2 amide bonds. The molecule has 0 spiro atoms. The molecule has 2 fully saturated rings. The van der Waals surface area contributed by atoms with Crippen LogP contribution < -0.4 is 16.0 Å². The first-order chi connectivity index (χ1) is 23.0. The topological polar surface area (TPSA) is 178 Å². The van der Waals surface area contributed by atoms with Crippen molar-refractivity contribution >= 4 is 29.9 Å². The van der Waals surface area contributed by atoms with Gasteiger partial charge in [-0.2, -0.15) is 0 Å². The van der Waals surface area contributed by atoms with E-state index in [2.05, 4.69) is 25.6 Å². The zero-order chi connectivity index (χ0) is 37.2. The van der Waals surface area contributed by atoms with Gasteiger partial charge in [-0.25, -0.2) is 29.8 Å². The summed E-state index contributed by atoms with van der Waals surface area (Å²) in [7, 11) is 0. The first kappa shape index (κ1) is 42.2. The molecule has 16 heteroatoms. The molecule has 0 radical (unpaired) electrons. The summed E-state index contributed by atoms with van der Waals surface area (Å²) in [4.78, 5) is 45.8. The van der Waals surface area contributed by atoms with Crippen LogP contribution in [0.25, 0.3) is 9.69 Å². The molecule has 0 unspecified atom stereocenters. The van der Waals surface area contributed by atoms with Gasteiger partial charge >= 0.3 is 18.2 Å². The van der Waals surface area contributed by atoms with E-state index in [0.29, 0.717) is 24.7 Å². The molecule has 268 valence electrons. The molecule has 0 saturated carbocycles. The van der Waals surface area contributed by atoms with E-state index in [-0.39, 0.29) is 42.5 Å². The predicted molar refractivity (Wildman–Crippen MR) is 185 cm³/mol. The molecular weight excluding hydrogens is 650 g/mol. The number of carbonyl (C=O) groups is 3. The average molecular weight is 700 g/mol. The Labute approximate surface area is 294 Å². The van der Waals surface area contributed by atoms with Gasteiger partial charge in [0.25, 0.3) is 11.4 Å². The minimum absolute atomic E-state index is 0.0450. The number of nitrogens with zero attached hydrogens (tertiary/aromatic N) is 6. The number of alkyl carbamates (subject to hydrolysis) is 2. The molecule has 2 aliphatic heterocycles. The van der Waals surface area contributed by atoms with Crippen molar-refractivity contribution in [2.75, 3.05) is 45.6 Å². The largest absolute Gasteiger partial charge is 0.465 e. The number of esters is 1. The van der Waals surface area contributed by atoms with E-state index in [0.717, 1.165) is 32.2 Å². The number of amides is 2. The molecule has 3 N–H and O–H groups in total. The van der Waals surface area contributed by atoms with E-state index in [9.17, 15) is 19.6 Å². The third kappa shape index (κ3) is 16.2. The van der Waals surface area contributed by atoms with Crippen molar-refractivity contribution in [3.8, 4) is 12.1 Å². The lowest BCUT2D eigenvalue weighted by atomic mass is 10.1. The first-order valence-corrected chi connectivity index (χ1v) is 17.2. The van der Waals surface area contributed by atoms with Crippen LogP contribution in [0.2, 0.25) is 0 Å². The number of hydrogen-bond donors (Lipinski definition) is 3. The zero-order valence-corrected chi connectivity index (χ0v) is 30.6. The van der Waals surface area contributed by atoms with Gasteiger partial charge in [0.15, 0.2) is 0 Å². The van der Waals surface area contributed by atoms with E-state index >= 15 is 0 Å². The van der Waals surface area contributed by atoms with Gasteiger partial charge in [0.1, 0.15) is 23.6 Å². The smallest absolute Gasteiger partial charge is 0.407 e. The van der Waals surface area contributed by atoms with Gasteiger partial charge in [-0.3, -0.25) is 4.79 Å². The highest BCUT2D eigenvalue weighted by atomic mass is 32.2. The molecule has 2 saturated heterocycles. The standard InChI is InChI=1S/C18H27N5O4.C15H22N4O2S/c1-6-26-15(24)11-21-16(14(10-19)20-5)23-9-7-8-13(12-23)22-17(25)27-18(2,3)4;1-15(2,3)21-14(20)18-11-7-6-8-19(10-11)13(22-5)12(9-16)17-4/h13,21H,6-9,11-12H2,1-4H3,(H,22,25);11H,6-8,10H2,1-3,5H3,(H,18,20)/b16-14-;13-12+/t13-;11-/m11/s1. The van der Waals surface area contributed by atoms with E-state index in [4.69, 9.17) is 32.6 Å². The van der Waals surface area contributed by atoms with Crippen LogP contribution in [0.3, 0.4) is 0 Å². The quantitative estimate of drug-likeness (QED) is 0.131. The lowest BCUT2D eigenvalue weighted by Crippen LogP contribution is -2.50. The maximum atomic E-state index is 12.0. The van der Waals surface area contributed by atoms with Crippen molar-refractivity contribution in [3.05, 3.63) is 45.1 Å². The van der Waals surface area contributed by atoms with Gasteiger partial charge < -0.3 is 40.0 Å². The summed E-state index contributed by atoms with van der Waals surface area (Å²) < 4.78 is 15.4. The summed E-state index contributed by atoms with van der Waals surface area (Å²) in [6.45, 7) is 29.3. The van der Waals surface area contributed by atoms with Crippen molar-refractivity contribution in [3.63, 3.8) is 0 Å². The lowest BCUT2D eigenvalue weighted by molar-refractivity contribution is -0.141. The van der Waals surface area contributed by atoms with Crippen LogP contribution in [0.4, 0.5) is 9.59 Å². The number of ether oxygens (including phenoxy) is 3. The Morgan fingerprint density at radius 3 is 1.73 bits per heavy atom. The number of allylic oxidation sites excluding steroid dienone is 2. The summed E-state index contributed by atoms with van der Waals surface area (Å²) in [5.41, 5.74) is -1.16. The van der Waals surface area contributed by atoms with Crippen molar-refractivity contribution in [1.82, 2.24) is 25.8 Å². The number of piperidine rings is 2. The minimum Gasteiger partial charge on any atom is -0.465 e. The zero-order valence-electron chi connectivity index (χ0n) is 29.8. The van der Waals surface area contributed by atoms with Crippen LogP contribution in [-0.2, 0) is 19.0 Å². The molecule has 2 heterocycles. The monoisotopic (exact) mass is 699 g/mol. The molecule has 0 bridgehead atoms. The van der Waals surface area contributed by atoms with Crippen LogP contribution in [0.15, 0.2) is 22.2 Å². The van der Waals surface area contributed by atoms with Crippen LogP contribution in [0, 0.1) is 35.8 Å². The first-order valence-electron chi connectivity index (χ1n) is 16.0. The van der Waals surface area contributed by atoms with Gasteiger partial charge in [-0.1, -0.05) is 0 Å². The maximum Gasteiger partial charge on any atom is 0.407 e. The molecule has 0 aromatic carbocycles. The molecule has 0 aromatic heterocycles. The number of rotatable bonds is 9. The minimum atomic E-state index is -0.594. The number of thioether (sulfide) groups is 1. The van der Waals surface area contributed by atoms with Crippen LogP contribution in [0.5, 0.6) is 0 Å². The molecule has 0 aliphatic carbocycles. The average Bonchev–Trinajstić information content (AvgIpc) is 3.00. The third-order valence-corrected chi connectivity index (χ3v) is 7.49. The number of nitrogens with one attached hydrogen (secondary N) is 3. The van der Waals surface area contributed by atoms with Crippen LogP contribution >= 0.6 is 11.8 Å². The van der Waals surface area contributed by atoms with Gasteiger partial charge in [0.05, 0.1) is 36.9 Å². The fourth-order valence-electron chi connectivity index (χ4n) is 4.87. The Bertz CT molecular complexity index is 1360. The summed E-state index contributed by atoms with van der Waals surface area (Å²) >= 11 is 1.39. The second kappa shape index (κ2) is 20.5. The lowest BCUT2D eigenvalue weighted by Gasteiger charge is -2.36. The Kier molecular flexibility index (Phi) is 17.7.